The Morgan fingerprint density at radius 2 is 2.05 bits per heavy atom. The molecule has 1 aromatic rings. The third kappa shape index (κ3) is 2.80. The standard InChI is InChI=1S/C17H22N2O2/c1-11(2)19-10-14(9-16(19)20)17(21)18-15-7-6-12-4-3-5-13(12)8-15/h6-8,11,14H,3-5,9-10H2,1-2H3,(H,18,21)/t14-/m1/s1. The molecule has 1 fully saturated rings. The number of aryl methyl sites for hydroxylation is 2. The molecule has 1 aliphatic carbocycles. The maximum atomic E-state index is 12.3. The van der Waals surface area contributed by atoms with Gasteiger partial charge in [-0.15, -0.1) is 0 Å². The molecule has 0 spiro atoms. The molecule has 112 valence electrons. The van der Waals surface area contributed by atoms with Gasteiger partial charge in [-0.05, 0) is 56.4 Å². The van der Waals surface area contributed by atoms with Gasteiger partial charge in [0.1, 0.15) is 0 Å². The van der Waals surface area contributed by atoms with Crippen LogP contribution in [0.25, 0.3) is 0 Å². The third-order valence-corrected chi connectivity index (χ3v) is 4.52. The van der Waals surface area contributed by atoms with E-state index < -0.39 is 0 Å². The van der Waals surface area contributed by atoms with E-state index in [1.165, 1.54) is 17.5 Å². The summed E-state index contributed by atoms with van der Waals surface area (Å²) in [4.78, 5) is 26.0. The minimum absolute atomic E-state index is 0.0375. The highest BCUT2D eigenvalue weighted by Crippen LogP contribution is 2.26. The summed E-state index contributed by atoms with van der Waals surface area (Å²) in [6.07, 6.45) is 3.77. The fourth-order valence-corrected chi connectivity index (χ4v) is 3.30. The van der Waals surface area contributed by atoms with Crippen molar-refractivity contribution in [1.82, 2.24) is 4.90 Å². The second-order valence-electron chi connectivity index (χ2n) is 6.37. The molecule has 21 heavy (non-hydrogen) atoms. The van der Waals surface area contributed by atoms with E-state index in [1.807, 2.05) is 19.9 Å². The average Bonchev–Trinajstić information content (AvgIpc) is 3.04. The number of nitrogens with one attached hydrogen (secondary N) is 1. The van der Waals surface area contributed by atoms with Gasteiger partial charge in [-0.2, -0.15) is 0 Å². The van der Waals surface area contributed by atoms with Crippen molar-refractivity contribution in [2.45, 2.75) is 45.6 Å². The molecule has 2 aliphatic rings. The number of hydrogen-bond acceptors (Lipinski definition) is 2. The van der Waals surface area contributed by atoms with E-state index in [0.29, 0.717) is 13.0 Å². The van der Waals surface area contributed by atoms with Crippen molar-refractivity contribution in [3.05, 3.63) is 29.3 Å². The van der Waals surface area contributed by atoms with E-state index in [4.69, 9.17) is 0 Å². The molecule has 0 radical (unpaired) electrons. The summed E-state index contributed by atoms with van der Waals surface area (Å²) in [7, 11) is 0. The summed E-state index contributed by atoms with van der Waals surface area (Å²) in [6.45, 7) is 4.50. The first-order valence-electron chi connectivity index (χ1n) is 7.76. The van der Waals surface area contributed by atoms with Crippen molar-refractivity contribution in [3.8, 4) is 0 Å². The Kier molecular flexibility index (Phi) is 3.70. The monoisotopic (exact) mass is 286 g/mol. The van der Waals surface area contributed by atoms with Crippen LogP contribution in [0.1, 0.15) is 37.8 Å². The molecule has 0 unspecified atom stereocenters. The molecule has 0 aromatic heterocycles. The molecule has 0 bridgehead atoms. The molecule has 1 aliphatic heterocycles. The molecule has 4 nitrogen and oxygen atoms in total. The largest absolute Gasteiger partial charge is 0.339 e. The Balaban J connectivity index is 1.66. The van der Waals surface area contributed by atoms with E-state index in [1.54, 1.807) is 4.90 Å². The number of likely N-dealkylation sites (tertiary alicyclic amines) is 1. The van der Waals surface area contributed by atoms with Crippen molar-refractivity contribution in [3.63, 3.8) is 0 Å². The van der Waals surface area contributed by atoms with Gasteiger partial charge in [-0.1, -0.05) is 6.07 Å². The van der Waals surface area contributed by atoms with Crippen molar-refractivity contribution >= 4 is 17.5 Å². The van der Waals surface area contributed by atoms with Gasteiger partial charge in [0.2, 0.25) is 11.8 Å². The maximum Gasteiger partial charge on any atom is 0.229 e. The second kappa shape index (κ2) is 5.51. The van der Waals surface area contributed by atoms with Gasteiger partial charge in [-0.3, -0.25) is 9.59 Å². The first-order chi connectivity index (χ1) is 10.0. The van der Waals surface area contributed by atoms with E-state index >= 15 is 0 Å². The van der Waals surface area contributed by atoms with Crippen LogP contribution in [0.4, 0.5) is 5.69 Å². The van der Waals surface area contributed by atoms with Crippen molar-refractivity contribution in [1.29, 1.82) is 0 Å². The quantitative estimate of drug-likeness (QED) is 0.927. The Bertz CT molecular complexity index is 580. The number of carbonyl (C=O) groups excluding carboxylic acids is 2. The highest BCUT2D eigenvalue weighted by Gasteiger charge is 2.35. The lowest BCUT2D eigenvalue weighted by Crippen LogP contribution is -2.33. The predicted molar refractivity (Wildman–Crippen MR) is 82.1 cm³/mol. The third-order valence-electron chi connectivity index (χ3n) is 4.52. The molecule has 1 heterocycles. The number of carbonyl (C=O) groups is 2. The highest BCUT2D eigenvalue weighted by molar-refractivity contribution is 5.97. The molecule has 0 saturated carbocycles. The van der Waals surface area contributed by atoms with Crippen LogP contribution >= 0.6 is 0 Å². The van der Waals surface area contributed by atoms with Crippen LogP contribution in [-0.2, 0) is 22.4 Å². The molecule has 2 amide bonds. The smallest absolute Gasteiger partial charge is 0.229 e. The first-order valence-corrected chi connectivity index (χ1v) is 7.76. The summed E-state index contributed by atoms with van der Waals surface area (Å²) < 4.78 is 0. The predicted octanol–water partition coefficient (Wildman–Crippen LogP) is 2.37. The normalized spacial score (nSPS) is 21.0. The zero-order valence-electron chi connectivity index (χ0n) is 12.7. The fourth-order valence-electron chi connectivity index (χ4n) is 3.30. The van der Waals surface area contributed by atoms with E-state index in [0.717, 1.165) is 18.5 Å². The highest BCUT2D eigenvalue weighted by atomic mass is 16.2. The van der Waals surface area contributed by atoms with Gasteiger partial charge in [0, 0.05) is 24.7 Å². The molecule has 1 atom stereocenters. The van der Waals surface area contributed by atoms with Crippen molar-refractivity contribution in [2.75, 3.05) is 11.9 Å². The van der Waals surface area contributed by atoms with E-state index in [-0.39, 0.29) is 23.8 Å². The summed E-state index contributed by atoms with van der Waals surface area (Å²) in [5.74, 6) is -0.184. The summed E-state index contributed by atoms with van der Waals surface area (Å²) in [5, 5.41) is 2.98. The zero-order chi connectivity index (χ0) is 15.0. The Hall–Kier alpha value is -1.84. The molecule has 1 N–H and O–H groups in total. The SMILES string of the molecule is CC(C)N1C[C@H](C(=O)Nc2ccc3c(c2)CCC3)CC1=O. The number of nitrogens with zero attached hydrogens (tertiary/aromatic N) is 1. The lowest BCUT2D eigenvalue weighted by Gasteiger charge is -2.20. The molecule has 4 heteroatoms. The molecule has 3 rings (SSSR count). The molecule has 1 aromatic carbocycles. The van der Waals surface area contributed by atoms with Gasteiger partial charge in [0.25, 0.3) is 0 Å². The summed E-state index contributed by atoms with van der Waals surface area (Å²) in [5.41, 5.74) is 3.60. The van der Waals surface area contributed by atoms with Crippen LogP contribution in [0.5, 0.6) is 0 Å². The fraction of sp³-hybridized carbons (Fsp3) is 0.529. The summed E-state index contributed by atoms with van der Waals surface area (Å²) >= 11 is 0. The van der Waals surface area contributed by atoms with E-state index in [9.17, 15) is 9.59 Å². The number of fused-ring (bicyclic) bond motifs is 1. The maximum absolute atomic E-state index is 12.3. The van der Waals surface area contributed by atoms with Crippen molar-refractivity contribution < 1.29 is 9.59 Å². The zero-order valence-corrected chi connectivity index (χ0v) is 12.7. The molecular formula is C17H22N2O2. The van der Waals surface area contributed by atoms with Crippen molar-refractivity contribution in [2.24, 2.45) is 5.92 Å². The Morgan fingerprint density at radius 1 is 1.29 bits per heavy atom. The lowest BCUT2D eigenvalue weighted by molar-refractivity contribution is -0.129. The van der Waals surface area contributed by atoms with Crippen LogP contribution in [0.2, 0.25) is 0 Å². The van der Waals surface area contributed by atoms with Crippen LogP contribution in [0, 0.1) is 5.92 Å². The van der Waals surface area contributed by atoms with Gasteiger partial charge in [0.15, 0.2) is 0 Å². The summed E-state index contributed by atoms with van der Waals surface area (Å²) in [6, 6.07) is 6.32. The van der Waals surface area contributed by atoms with Gasteiger partial charge in [0.05, 0.1) is 5.92 Å². The van der Waals surface area contributed by atoms with Gasteiger partial charge < -0.3 is 10.2 Å². The van der Waals surface area contributed by atoms with Crippen LogP contribution in [0.3, 0.4) is 0 Å². The number of amides is 2. The lowest BCUT2D eigenvalue weighted by atomic mass is 10.1. The van der Waals surface area contributed by atoms with Gasteiger partial charge in [-0.25, -0.2) is 0 Å². The Morgan fingerprint density at radius 3 is 2.76 bits per heavy atom. The Labute approximate surface area is 125 Å². The van der Waals surface area contributed by atoms with Crippen LogP contribution in [-0.4, -0.2) is 29.3 Å². The van der Waals surface area contributed by atoms with Crippen LogP contribution < -0.4 is 5.32 Å². The molecular weight excluding hydrogens is 264 g/mol. The second-order valence-corrected chi connectivity index (χ2v) is 6.37. The first kappa shape index (κ1) is 14.1. The number of benzene rings is 1. The van der Waals surface area contributed by atoms with E-state index in [2.05, 4.69) is 17.4 Å². The average molecular weight is 286 g/mol. The number of hydrogen-bond donors (Lipinski definition) is 1. The molecule has 1 saturated heterocycles. The number of anilines is 1. The van der Waals surface area contributed by atoms with Gasteiger partial charge >= 0.3 is 0 Å². The van der Waals surface area contributed by atoms with Crippen LogP contribution in [0.15, 0.2) is 18.2 Å². The minimum Gasteiger partial charge on any atom is -0.339 e. The number of rotatable bonds is 3. The minimum atomic E-state index is -0.229. The topological polar surface area (TPSA) is 49.4 Å².